The van der Waals surface area contributed by atoms with E-state index >= 15 is 0 Å². The Labute approximate surface area is 193 Å². The summed E-state index contributed by atoms with van der Waals surface area (Å²) in [6.45, 7) is 2.48. The predicted molar refractivity (Wildman–Crippen MR) is 124 cm³/mol. The second-order valence-corrected chi connectivity index (χ2v) is 9.18. The first-order valence-corrected chi connectivity index (χ1v) is 11.4. The van der Waals surface area contributed by atoms with E-state index in [1.807, 2.05) is 31.2 Å². The molecule has 33 heavy (non-hydrogen) atoms. The molecular weight excluding hydrogens is 420 g/mol. The quantitative estimate of drug-likeness (QED) is 0.637. The number of carbonyl (C=O) groups is 3. The van der Waals surface area contributed by atoms with Crippen LogP contribution in [0.15, 0.2) is 48.5 Å². The molecule has 7 nitrogen and oxygen atoms in total. The van der Waals surface area contributed by atoms with Crippen LogP contribution in [-0.2, 0) is 14.3 Å². The van der Waals surface area contributed by atoms with Crippen molar-refractivity contribution in [1.29, 1.82) is 0 Å². The normalized spacial score (nSPS) is 19.6. The van der Waals surface area contributed by atoms with Gasteiger partial charge in [0.2, 0.25) is 5.91 Å². The van der Waals surface area contributed by atoms with E-state index in [9.17, 15) is 14.4 Å². The molecule has 0 heterocycles. The number of amides is 2. The molecular formula is C26H30N2O5. The van der Waals surface area contributed by atoms with Gasteiger partial charge in [0.05, 0.1) is 5.92 Å². The summed E-state index contributed by atoms with van der Waals surface area (Å²) in [6.07, 6.45) is 0.801. The highest BCUT2D eigenvalue weighted by atomic mass is 16.5. The molecule has 4 rings (SSSR count). The summed E-state index contributed by atoms with van der Waals surface area (Å²) in [5.41, 5.74) is 4.68. The third kappa shape index (κ3) is 4.87. The molecule has 2 aliphatic carbocycles. The molecule has 0 radical (unpaired) electrons. The maximum absolute atomic E-state index is 12.5. The lowest BCUT2D eigenvalue weighted by atomic mass is 9.79. The van der Waals surface area contributed by atoms with Crippen LogP contribution >= 0.6 is 0 Å². The van der Waals surface area contributed by atoms with E-state index in [0.29, 0.717) is 19.4 Å². The van der Waals surface area contributed by atoms with E-state index < -0.39 is 12.1 Å². The number of ether oxygens (including phenoxy) is 1. The van der Waals surface area contributed by atoms with Crippen molar-refractivity contribution < 1.29 is 24.2 Å². The second kappa shape index (κ2) is 9.65. The summed E-state index contributed by atoms with van der Waals surface area (Å²) in [6, 6.07) is 16.4. The molecule has 1 fully saturated rings. The fraction of sp³-hybridized carbons (Fsp3) is 0.423. The predicted octanol–water partition coefficient (Wildman–Crippen LogP) is 3.87. The third-order valence-corrected chi connectivity index (χ3v) is 6.87. The van der Waals surface area contributed by atoms with E-state index in [2.05, 4.69) is 29.6 Å². The molecule has 2 aromatic carbocycles. The number of rotatable bonds is 8. The van der Waals surface area contributed by atoms with Crippen LogP contribution in [0.5, 0.6) is 0 Å². The Morgan fingerprint density at radius 2 is 1.64 bits per heavy atom. The minimum absolute atomic E-state index is 0.00732. The van der Waals surface area contributed by atoms with Crippen LogP contribution in [0, 0.1) is 11.8 Å². The van der Waals surface area contributed by atoms with Crippen molar-refractivity contribution in [2.75, 3.05) is 20.2 Å². The number of hydrogen-bond donors (Lipinski definition) is 2. The van der Waals surface area contributed by atoms with Gasteiger partial charge in [-0.1, -0.05) is 55.5 Å². The van der Waals surface area contributed by atoms with Gasteiger partial charge in [-0.15, -0.1) is 0 Å². The molecule has 2 aliphatic rings. The van der Waals surface area contributed by atoms with Crippen molar-refractivity contribution >= 4 is 18.0 Å². The Morgan fingerprint density at radius 3 is 2.21 bits per heavy atom. The standard InChI is InChI=1S/C26H30N2O5/c1-16(11-24(29)28(2)18-12-17(13-18)25(30)31)14-27-26(32)33-15-23-21-9-5-3-7-19(21)20-8-4-6-10-22(20)23/h3-10,16-18,23H,11-15H2,1-2H3,(H,27,32)(H,30,31). The van der Waals surface area contributed by atoms with Crippen LogP contribution in [0.2, 0.25) is 0 Å². The van der Waals surface area contributed by atoms with Crippen molar-refractivity contribution in [2.45, 2.75) is 38.1 Å². The number of alkyl carbamates (subject to hydrolysis) is 1. The highest BCUT2D eigenvalue weighted by molar-refractivity contribution is 5.79. The van der Waals surface area contributed by atoms with E-state index in [1.54, 1.807) is 11.9 Å². The minimum atomic E-state index is -0.798. The zero-order valence-corrected chi connectivity index (χ0v) is 19.0. The van der Waals surface area contributed by atoms with Gasteiger partial charge in [0, 0.05) is 32.0 Å². The summed E-state index contributed by atoms with van der Waals surface area (Å²) >= 11 is 0. The summed E-state index contributed by atoms with van der Waals surface area (Å²) in [5.74, 6) is -1.24. The Morgan fingerprint density at radius 1 is 1.06 bits per heavy atom. The fourth-order valence-corrected chi connectivity index (χ4v) is 4.73. The van der Waals surface area contributed by atoms with E-state index in [-0.39, 0.29) is 42.7 Å². The Bertz CT molecular complexity index is 1000. The van der Waals surface area contributed by atoms with E-state index in [0.717, 1.165) is 11.1 Å². The lowest BCUT2D eigenvalue weighted by Gasteiger charge is -2.39. The van der Waals surface area contributed by atoms with E-state index in [4.69, 9.17) is 9.84 Å². The molecule has 2 amide bonds. The van der Waals surface area contributed by atoms with Crippen LogP contribution in [0.4, 0.5) is 4.79 Å². The smallest absolute Gasteiger partial charge is 0.407 e. The maximum atomic E-state index is 12.5. The van der Waals surface area contributed by atoms with E-state index in [1.165, 1.54) is 11.1 Å². The molecule has 0 saturated heterocycles. The second-order valence-electron chi connectivity index (χ2n) is 9.18. The summed E-state index contributed by atoms with van der Waals surface area (Å²) in [5, 5.41) is 11.8. The lowest BCUT2D eigenvalue weighted by molar-refractivity contribution is -0.150. The number of carboxylic acid groups (broad SMARTS) is 1. The Balaban J connectivity index is 1.22. The zero-order valence-electron chi connectivity index (χ0n) is 19.0. The molecule has 1 atom stereocenters. The lowest BCUT2D eigenvalue weighted by Crippen LogP contribution is -2.48. The number of carbonyl (C=O) groups excluding carboxylic acids is 2. The summed E-state index contributed by atoms with van der Waals surface area (Å²) in [4.78, 5) is 37.4. The first-order chi connectivity index (χ1) is 15.8. The first kappa shape index (κ1) is 22.8. The topological polar surface area (TPSA) is 95.9 Å². The third-order valence-electron chi connectivity index (χ3n) is 6.87. The molecule has 2 aromatic rings. The average molecular weight is 451 g/mol. The zero-order chi connectivity index (χ0) is 23.5. The molecule has 0 spiro atoms. The molecule has 7 heteroatoms. The van der Waals surface area contributed by atoms with Gasteiger partial charge in [-0.25, -0.2) is 4.79 Å². The number of hydrogen-bond acceptors (Lipinski definition) is 4. The Kier molecular flexibility index (Phi) is 6.67. The molecule has 0 aliphatic heterocycles. The van der Waals surface area contributed by atoms with Crippen molar-refractivity contribution in [2.24, 2.45) is 11.8 Å². The van der Waals surface area contributed by atoms with Gasteiger partial charge in [0.15, 0.2) is 0 Å². The van der Waals surface area contributed by atoms with Gasteiger partial charge < -0.3 is 20.1 Å². The van der Waals surface area contributed by atoms with Crippen LogP contribution in [0.1, 0.15) is 43.2 Å². The van der Waals surface area contributed by atoms with Gasteiger partial charge in [-0.05, 0) is 41.0 Å². The maximum Gasteiger partial charge on any atom is 0.407 e. The minimum Gasteiger partial charge on any atom is -0.481 e. The van der Waals surface area contributed by atoms with Crippen molar-refractivity contribution in [3.05, 3.63) is 59.7 Å². The number of fused-ring (bicyclic) bond motifs is 3. The molecule has 1 saturated carbocycles. The van der Waals surface area contributed by atoms with Crippen LogP contribution in [0.25, 0.3) is 11.1 Å². The molecule has 0 bridgehead atoms. The van der Waals surface area contributed by atoms with Crippen molar-refractivity contribution in [3.8, 4) is 11.1 Å². The number of carboxylic acids is 1. The summed E-state index contributed by atoms with van der Waals surface area (Å²) in [7, 11) is 1.72. The summed E-state index contributed by atoms with van der Waals surface area (Å²) < 4.78 is 5.54. The molecule has 0 aromatic heterocycles. The van der Waals surface area contributed by atoms with Crippen molar-refractivity contribution in [3.63, 3.8) is 0 Å². The van der Waals surface area contributed by atoms with Gasteiger partial charge in [0.1, 0.15) is 6.61 Å². The Hall–Kier alpha value is -3.35. The van der Waals surface area contributed by atoms with Crippen molar-refractivity contribution in [1.82, 2.24) is 10.2 Å². The number of nitrogens with one attached hydrogen (secondary N) is 1. The van der Waals surface area contributed by atoms with Gasteiger partial charge in [-0.2, -0.15) is 0 Å². The number of aliphatic carboxylic acids is 1. The molecule has 174 valence electrons. The average Bonchev–Trinajstić information content (AvgIpc) is 3.08. The van der Waals surface area contributed by atoms with Gasteiger partial charge in [-0.3, -0.25) is 9.59 Å². The fourth-order valence-electron chi connectivity index (χ4n) is 4.73. The monoisotopic (exact) mass is 450 g/mol. The van der Waals surface area contributed by atoms with Crippen LogP contribution < -0.4 is 5.32 Å². The SMILES string of the molecule is CC(CNC(=O)OCC1c2ccccc2-c2ccccc21)CC(=O)N(C)C1CC(C(=O)O)C1. The highest BCUT2D eigenvalue weighted by Crippen LogP contribution is 2.44. The van der Waals surface area contributed by atoms with Gasteiger partial charge >= 0.3 is 12.1 Å². The molecule has 1 unspecified atom stereocenters. The van der Waals surface area contributed by atoms with Crippen LogP contribution in [-0.4, -0.2) is 54.2 Å². The molecule has 2 N–H and O–H groups in total. The highest BCUT2D eigenvalue weighted by Gasteiger charge is 2.38. The number of benzene rings is 2. The first-order valence-electron chi connectivity index (χ1n) is 11.4. The van der Waals surface area contributed by atoms with Crippen LogP contribution in [0.3, 0.4) is 0 Å². The van der Waals surface area contributed by atoms with Gasteiger partial charge in [0.25, 0.3) is 0 Å². The largest absolute Gasteiger partial charge is 0.481 e. The number of nitrogens with zero attached hydrogens (tertiary/aromatic N) is 1.